The number of sulfonamides is 1. The molecule has 0 unspecified atom stereocenters. The number of benzene rings is 2. The van der Waals surface area contributed by atoms with Crippen LogP contribution >= 0.6 is 0 Å². The van der Waals surface area contributed by atoms with E-state index in [-0.39, 0.29) is 17.3 Å². The quantitative estimate of drug-likeness (QED) is 0.716. The van der Waals surface area contributed by atoms with E-state index in [9.17, 15) is 13.2 Å². The fourth-order valence-corrected chi connectivity index (χ4v) is 4.17. The van der Waals surface area contributed by atoms with Crippen molar-refractivity contribution >= 4 is 27.3 Å². The summed E-state index contributed by atoms with van der Waals surface area (Å²) < 4.78 is 26.3. The molecule has 2 aromatic rings. The first-order chi connectivity index (χ1) is 13.9. The van der Waals surface area contributed by atoms with Gasteiger partial charge in [0.15, 0.2) is 0 Å². The number of rotatable bonds is 6. The van der Waals surface area contributed by atoms with Crippen LogP contribution in [0, 0.1) is 18.3 Å². The zero-order valence-electron chi connectivity index (χ0n) is 16.4. The summed E-state index contributed by atoms with van der Waals surface area (Å²) in [5, 5.41) is 2.84. The van der Waals surface area contributed by atoms with E-state index in [4.69, 9.17) is 6.42 Å². The molecule has 0 spiro atoms. The molecule has 6 nitrogen and oxygen atoms in total. The lowest BCUT2D eigenvalue weighted by molar-refractivity contribution is 0.102. The van der Waals surface area contributed by atoms with Crippen LogP contribution in [0.5, 0.6) is 0 Å². The first-order valence-corrected chi connectivity index (χ1v) is 11.1. The average molecular weight is 412 g/mol. The Balaban J connectivity index is 1.62. The summed E-state index contributed by atoms with van der Waals surface area (Å²) >= 11 is 0. The minimum absolute atomic E-state index is 0.0597. The summed E-state index contributed by atoms with van der Waals surface area (Å²) in [6.45, 7) is 4.31. The number of carbonyl (C=O) groups is 1. The van der Waals surface area contributed by atoms with Crippen LogP contribution in [0.2, 0.25) is 0 Å². The Morgan fingerprint density at radius 2 is 1.72 bits per heavy atom. The molecule has 0 aromatic heterocycles. The number of amides is 1. The molecule has 1 saturated heterocycles. The smallest absolute Gasteiger partial charge is 0.255 e. The Morgan fingerprint density at radius 1 is 1.10 bits per heavy atom. The second-order valence-electron chi connectivity index (χ2n) is 7.22. The van der Waals surface area contributed by atoms with E-state index in [1.54, 1.807) is 0 Å². The van der Waals surface area contributed by atoms with Crippen molar-refractivity contribution in [2.24, 2.45) is 5.92 Å². The summed E-state index contributed by atoms with van der Waals surface area (Å²) in [5.74, 6) is 2.70. The van der Waals surface area contributed by atoms with E-state index in [0.717, 1.165) is 24.7 Å². The molecule has 29 heavy (non-hydrogen) atoms. The number of nitrogens with zero attached hydrogens (tertiary/aromatic N) is 1. The number of carbonyl (C=O) groups excluding carboxylic acids is 1. The number of nitrogens with one attached hydrogen (secondary N) is 2. The average Bonchev–Trinajstić information content (AvgIpc) is 2.73. The molecule has 7 heteroatoms. The summed E-state index contributed by atoms with van der Waals surface area (Å²) in [7, 11) is -3.67. The minimum atomic E-state index is -3.67. The standard InChI is InChI=1S/C22H25N3O3S/c1-3-14-23-29(27,28)21-10-4-18(5-11-21)22(26)24-19-6-8-20(9-7-19)25-15-12-17(2)13-16-25/h1,4-11,17,23H,12-16H2,2H3,(H,24,26). The van der Waals surface area contributed by atoms with Crippen LogP contribution in [0.25, 0.3) is 0 Å². The van der Waals surface area contributed by atoms with Gasteiger partial charge in [-0.1, -0.05) is 12.8 Å². The molecule has 1 aliphatic rings. The summed E-state index contributed by atoms with van der Waals surface area (Å²) in [6.07, 6.45) is 7.47. The van der Waals surface area contributed by atoms with E-state index < -0.39 is 10.0 Å². The van der Waals surface area contributed by atoms with E-state index in [1.165, 1.54) is 37.1 Å². The molecule has 152 valence electrons. The van der Waals surface area contributed by atoms with Gasteiger partial charge in [0.2, 0.25) is 10.0 Å². The lowest BCUT2D eigenvalue weighted by Crippen LogP contribution is -2.32. The van der Waals surface area contributed by atoms with Crippen LogP contribution in [-0.4, -0.2) is 34.0 Å². The first kappa shape index (κ1) is 20.9. The van der Waals surface area contributed by atoms with Crippen molar-refractivity contribution in [2.45, 2.75) is 24.7 Å². The fraction of sp³-hybridized carbons (Fsp3) is 0.318. The number of anilines is 2. The van der Waals surface area contributed by atoms with E-state index >= 15 is 0 Å². The lowest BCUT2D eigenvalue weighted by atomic mass is 9.99. The van der Waals surface area contributed by atoms with Crippen LogP contribution in [0.3, 0.4) is 0 Å². The van der Waals surface area contributed by atoms with Gasteiger partial charge in [-0.2, -0.15) is 4.72 Å². The monoisotopic (exact) mass is 411 g/mol. The second kappa shape index (κ2) is 9.12. The van der Waals surface area contributed by atoms with Gasteiger partial charge in [-0.05, 0) is 67.3 Å². The van der Waals surface area contributed by atoms with Crippen LogP contribution in [0.15, 0.2) is 53.4 Å². The number of hydrogen-bond donors (Lipinski definition) is 2. The van der Waals surface area contributed by atoms with E-state index in [2.05, 4.69) is 27.8 Å². The Bertz CT molecular complexity index is 985. The zero-order valence-corrected chi connectivity index (χ0v) is 17.2. The van der Waals surface area contributed by atoms with Gasteiger partial charge in [-0.3, -0.25) is 4.79 Å². The van der Waals surface area contributed by atoms with Crippen LogP contribution in [0.1, 0.15) is 30.1 Å². The number of hydrogen-bond acceptors (Lipinski definition) is 4. The molecule has 0 atom stereocenters. The van der Waals surface area contributed by atoms with Crippen LogP contribution < -0.4 is 14.9 Å². The maximum Gasteiger partial charge on any atom is 0.255 e. The highest BCUT2D eigenvalue weighted by Crippen LogP contribution is 2.24. The normalized spacial score (nSPS) is 15.0. The van der Waals surface area contributed by atoms with Crippen molar-refractivity contribution in [3.63, 3.8) is 0 Å². The third kappa shape index (κ3) is 5.37. The molecular weight excluding hydrogens is 386 g/mol. The molecule has 0 radical (unpaired) electrons. The molecule has 0 aliphatic carbocycles. The molecule has 1 aliphatic heterocycles. The van der Waals surface area contributed by atoms with Crippen LogP contribution in [-0.2, 0) is 10.0 Å². The molecular formula is C22H25N3O3S. The van der Waals surface area contributed by atoms with Gasteiger partial charge in [-0.15, -0.1) is 6.42 Å². The van der Waals surface area contributed by atoms with E-state index in [0.29, 0.717) is 11.3 Å². The predicted octanol–water partition coefficient (Wildman–Crippen LogP) is 3.09. The van der Waals surface area contributed by atoms with Crippen LogP contribution in [0.4, 0.5) is 11.4 Å². The fourth-order valence-electron chi connectivity index (χ4n) is 3.23. The van der Waals surface area contributed by atoms with E-state index in [1.807, 2.05) is 24.3 Å². The Morgan fingerprint density at radius 3 is 2.31 bits per heavy atom. The van der Waals surface area contributed by atoms with Gasteiger partial charge >= 0.3 is 0 Å². The summed E-state index contributed by atoms with van der Waals surface area (Å²) in [5.41, 5.74) is 2.22. The third-order valence-electron chi connectivity index (χ3n) is 5.07. The molecule has 0 saturated carbocycles. The number of terminal acetylenes is 1. The highest BCUT2D eigenvalue weighted by Gasteiger charge is 2.16. The topological polar surface area (TPSA) is 78.5 Å². The maximum atomic E-state index is 12.5. The molecule has 2 aromatic carbocycles. The lowest BCUT2D eigenvalue weighted by Gasteiger charge is -2.32. The molecule has 1 heterocycles. The highest BCUT2D eigenvalue weighted by molar-refractivity contribution is 7.89. The van der Waals surface area contributed by atoms with Gasteiger partial charge < -0.3 is 10.2 Å². The molecule has 0 bridgehead atoms. The van der Waals surface area contributed by atoms with Crippen molar-refractivity contribution in [2.75, 3.05) is 29.9 Å². The zero-order chi connectivity index (χ0) is 20.9. The van der Waals surface area contributed by atoms with Crippen molar-refractivity contribution < 1.29 is 13.2 Å². The minimum Gasteiger partial charge on any atom is -0.372 e. The Kier molecular flexibility index (Phi) is 6.57. The molecule has 1 fully saturated rings. The van der Waals surface area contributed by atoms with Gasteiger partial charge in [0, 0.05) is 30.0 Å². The highest BCUT2D eigenvalue weighted by atomic mass is 32.2. The van der Waals surface area contributed by atoms with Gasteiger partial charge in [-0.25, -0.2) is 8.42 Å². The maximum absolute atomic E-state index is 12.5. The molecule has 1 amide bonds. The first-order valence-electron chi connectivity index (χ1n) is 9.58. The molecule has 2 N–H and O–H groups in total. The SMILES string of the molecule is C#CCNS(=O)(=O)c1ccc(C(=O)Nc2ccc(N3CCC(C)CC3)cc2)cc1. The summed E-state index contributed by atoms with van der Waals surface area (Å²) in [6, 6.07) is 13.5. The second-order valence-corrected chi connectivity index (χ2v) is 8.99. The Labute approximate surface area is 172 Å². The third-order valence-corrected chi connectivity index (χ3v) is 6.48. The Hall–Kier alpha value is -2.82. The molecule has 3 rings (SSSR count). The van der Waals surface area contributed by atoms with Gasteiger partial charge in [0.05, 0.1) is 11.4 Å². The predicted molar refractivity (Wildman–Crippen MR) is 115 cm³/mol. The van der Waals surface area contributed by atoms with Crippen molar-refractivity contribution in [1.29, 1.82) is 0 Å². The van der Waals surface area contributed by atoms with Crippen molar-refractivity contribution in [3.8, 4) is 12.3 Å². The number of piperidine rings is 1. The largest absolute Gasteiger partial charge is 0.372 e. The summed E-state index contributed by atoms with van der Waals surface area (Å²) in [4.78, 5) is 14.9. The van der Waals surface area contributed by atoms with Gasteiger partial charge in [0.1, 0.15) is 0 Å². The van der Waals surface area contributed by atoms with Crippen molar-refractivity contribution in [3.05, 3.63) is 54.1 Å². The van der Waals surface area contributed by atoms with Gasteiger partial charge in [0.25, 0.3) is 5.91 Å². The van der Waals surface area contributed by atoms with Crippen molar-refractivity contribution in [1.82, 2.24) is 4.72 Å².